The Kier molecular flexibility index (Phi) is 5.03. The Morgan fingerprint density at radius 2 is 1.84 bits per heavy atom. The first-order chi connectivity index (χ1) is 9.15. The van der Waals surface area contributed by atoms with Gasteiger partial charge < -0.3 is 5.32 Å². The van der Waals surface area contributed by atoms with Crippen molar-refractivity contribution >= 4 is 27.5 Å². The van der Waals surface area contributed by atoms with Gasteiger partial charge in [0, 0.05) is 9.50 Å². The number of halogens is 2. The van der Waals surface area contributed by atoms with Gasteiger partial charge in [0.05, 0.1) is 6.04 Å². The Bertz CT molecular complexity index is 551. The number of nitrogens with one attached hydrogen (secondary N) is 1. The van der Waals surface area contributed by atoms with Gasteiger partial charge in [-0.1, -0.05) is 64.8 Å². The van der Waals surface area contributed by atoms with Crippen LogP contribution in [0.4, 0.5) is 0 Å². The Hall–Kier alpha value is -0.830. The molecular weight excluding hydrogens is 322 g/mol. The number of hydrogen-bond acceptors (Lipinski definition) is 1. The number of benzene rings is 2. The molecule has 0 fully saturated rings. The van der Waals surface area contributed by atoms with Crippen molar-refractivity contribution in [2.24, 2.45) is 0 Å². The second kappa shape index (κ2) is 6.56. The molecule has 0 spiro atoms. The van der Waals surface area contributed by atoms with E-state index in [2.05, 4.69) is 58.5 Å². The molecule has 0 bridgehead atoms. The molecule has 0 heterocycles. The summed E-state index contributed by atoms with van der Waals surface area (Å²) in [6, 6.07) is 14.8. The van der Waals surface area contributed by atoms with Crippen LogP contribution in [-0.4, -0.2) is 7.05 Å². The van der Waals surface area contributed by atoms with Gasteiger partial charge in [0.15, 0.2) is 0 Å². The maximum Gasteiger partial charge on any atom is 0.0589 e. The zero-order valence-electron chi connectivity index (χ0n) is 11.1. The molecule has 2 aromatic carbocycles. The molecule has 100 valence electrons. The molecule has 0 saturated carbocycles. The van der Waals surface area contributed by atoms with Crippen molar-refractivity contribution in [3.8, 4) is 0 Å². The molecule has 2 rings (SSSR count). The van der Waals surface area contributed by atoms with E-state index in [1.807, 2.05) is 19.2 Å². The first-order valence-corrected chi connectivity index (χ1v) is 7.54. The number of hydrogen-bond donors (Lipinski definition) is 1. The predicted octanol–water partition coefficient (Wildman–Crippen LogP) is 4.97. The SMILES string of the molecule is CCc1ccc(C(NC)c2ccc(Br)cc2Cl)cc1. The minimum absolute atomic E-state index is 0.117. The highest BCUT2D eigenvalue weighted by molar-refractivity contribution is 9.10. The van der Waals surface area contributed by atoms with Crippen LogP contribution in [0.5, 0.6) is 0 Å². The van der Waals surface area contributed by atoms with Gasteiger partial charge in [-0.2, -0.15) is 0 Å². The maximum atomic E-state index is 6.34. The van der Waals surface area contributed by atoms with Crippen molar-refractivity contribution in [1.29, 1.82) is 0 Å². The molecule has 0 aliphatic rings. The fourth-order valence-corrected chi connectivity index (χ4v) is 2.97. The van der Waals surface area contributed by atoms with Gasteiger partial charge in [0.1, 0.15) is 0 Å². The van der Waals surface area contributed by atoms with Crippen molar-refractivity contribution in [2.45, 2.75) is 19.4 Å². The summed E-state index contributed by atoms with van der Waals surface area (Å²) in [4.78, 5) is 0. The molecule has 0 aliphatic heterocycles. The van der Waals surface area contributed by atoms with Crippen LogP contribution < -0.4 is 5.32 Å². The standard InChI is InChI=1S/C16H17BrClN/c1-3-11-4-6-12(7-5-11)16(19-2)14-9-8-13(17)10-15(14)18/h4-10,16,19H,3H2,1-2H3. The van der Waals surface area contributed by atoms with Crippen LogP contribution in [0.1, 0.15) is 29.7 Å². The number of rotatable bonds is 4. The number of aryl methyl sites for hydroxylation is 1. The Morgan fingerprint density at radius 1 is 1.16 bits per heavy atom. The van der Waals surface area contributed by atoms with Crippen molar-refractivity contribution in [3.63, 3.8) is 0 Å². The summed E-state index contributed by atoms with van der Waals surface area (Å²) < 4.78 is 0.998. The topological polar surface area (TPSA) is 12.0 Å². The van der Waals surface area contributed by atoms with Gasteiger partial charge in [-0.15, -0.1) is 0 Å². The fourth-order valence-electron chi connectivity index (χ4n) is 2.18. The third-order valence-corrected chi connectivity index (χ3v) is 4.10. The van der Waals surface area contributed by atoms with Crippen LogP contribution in [0, 0.1) is 0 Å². The van der Waals surface area contributed by atoms with Crippen LogP contribution in [0.2, 0.25) is 5.02 Å². The summed E-state index contributed by atoms with van der Waals surface area (Å²) in [5, 5.41) is 4.10. The first kappa shape index (κ1) is 14.6. The second-order valence-corrected chi connectivity index (χ2v) is 5.81. The molecule has 0 radical (unpaired) electrons. The van der Waals surface area contributed by atoms with Gasteiger partial charge >= 0.3 is 0 Å². The fraction of sp³-hybridized carbons (Fsp3) is 0.250. The quantitative estimate of drug-likeness (QED) is 0.829. The van der Waals surface area contributed by atoms with E-state index >= 15 is 0 Å². The highest BCUT2D eigenvalue weighted by Gasteiger charge is 2.15. The summed E-state index contributed by atoms with van der Waals surface area (Å²) in [5.41, 5.74) is 3.67. The predicted molar refractivity (Wildman–Crippen MR) is 85.9 cm³/mol. The molecule has 0 saturated heterocycles. The summed E-state index contributed by atoms with van der Waals surface area (Å²) in [6.45, 7) is 2.16. The van der Waals surface area contributed by atoms with Crippen molar-refractivity contribution in [1.82, 2.24) is 5.32 Å². The van der Waals surface area contributed by atoms with E-state index in [4.69, 9.17) is 11.6 Å². The Balaban J connectivity index is 2.37. The average molecular weight is 339 g/mol. The van der Waals surface area contributed by atoms with Gasteiger partial charge in [0.25, 0.3) is 0 Å². The van der Waals surface area contributed by atoms with Crippen LogP contribution in [0.15, 0.2) is 46.9 Å². The van der Waals surface area contributed by atoms with Crippen molar-refractivity contribution in [2.75, 3.05) is 7.05 Å². The monoisotopic (exact) mass is 337 g/mol. The van der Waals surface area contributed by atoms with E-state index < -0.39 is 0 Å². The smallest absolute Gasteiger partial charge is 0.0589 e. The average Bonchev–Trinajstić information content (AvgIpc) is 2.42. The third kappa shape index (κ3) is 3.38. The molecule has 19 heavy (non-hydrogen) atoms. The highest BCUT2D eigenvalue weighted by Crippen LogP contribution is 2.30. The van der Waals surface area contributed by atoms with Crippen LogP contribution >= 0.6 is 27.5 Å². The zero-order chi connectivity index (χ0) is 13.8. The molecule has 0 aromatic heterocycles. The Labute approximate surface area is 128 Å². The molecule has 1 atom stereocenters. The molecule has 1 unspecified atom stereocenters. The van der Waals surface area contributed by atoms with E-state index in [-0.39, 0.29) is 6.04 Å². The summed E-state index contributed by atoms with van der Waals surface area (Å²) in [5.74, 6) is 0. The van der Waals surface area contributed by atoms with Crippen LogP contribution in [0.3, 0.4) is 0 Å². The lowest BCUT2D eigenvalue weighted by Crippen LogP contribution is -2.18. The van der Waals surface area contributed by atoms with E-state index in [9.17, 15) is 0 Å². The van der Waals surface area contributed by atoms with Gasteiger partial charge in [0.2, 0.25) is 0 Å². The maximum absolute atomic E-state index is 6.34. The third-order valence-electron chi connectivity index (χ3n) is 3.28. The molecule has 2 aromatic rings. The van der Waals surface area contributed by atoms with Crippen LogP contribution in [-0.2, 0) is 6.42 Å². The summed E-state index contributed by atoms with van der Waals surface area (Å²) >= 11 is 9.78. The van der Waals surface area contributed by atoms with E-state index in [0.717, 1.165) is 21.5 Å². The molecule has 3 heteroatoms. The van der Waals surface area contributed by atoms with Gasteiger partial charge in [-0.25, -0.2) is 0 Å². The second-order valence-electron chi connectivity index (χ2n) is 4.48. The first-order valence-electron chi connectivity index (χ1n) is 6.36. The van der Waals surface area contributed by atoms with Crippen LogP contribution in [0.25, 0.3) is 0 Å². The normalized spacial score (nSPS) is 12.4. The van der Waals surface area contributed by atoms with Crippen molar-refractivity contribution < 1.29 is 0 Å². The van der Waals surface area contributed by atoms with E-state index in [0.29, 0.717) is 0 Å². The van der Waals surface area contributed by atoms with E-state index in [1.54, 1.807) is 0 Å². The highest BCUT2D eigenvalue weighted by atomic mass is 79.9. The van der Waals surface area contributed by atoms with Gasteiger partial charge in [-0.05, 0) is 42.3 Å². The summed E-state index contributed by atoms with van der Waals surface area (Å²) in [6.07, 6.45) is 1.06. The molecule has 0 amide bonds. The minimum Gasteiger partial charge on any atom is -0.309 e. The van der Waals surface area contributed by atoms with Gasteiger partial charge in [-0.3, -0.25) is 0 Å². The molecule has 1 N–H and O–H groups in total. The zero-order valence-corrected chi connectivity index (χ0v) is 13.4. The lowest BCUT2D eigenvalue weighted by Gasteiger charge is -2.19. The van der Waals surface area contributed by atoms with E-state index in [1.165, 1.54) is 11.1 Å². The molecule has 0 aliphatic carbocycles. The Morgan fingerprint density at radius 3 is 2.37 bits per heavy atom. The lowest BCUT2D eigenvalue weighted by molar-refractivity contribution is 0.691. The lowest BCUT2D eigenvalue weighted by atomic mass is 9.97. The minimum atomic E-state index is 0.117. The molecule has 1 nitrogen and oxygen atoms in total. The molecular formula is C16H17BrClN. The summed E-state index contributed by atoms with van der Waals surface area (Å²) in [7, 11) is 1.96. The largest absolute Gasteiger partial charge is 0.309 e. The van der Waals surface area contributed by atoms with Crippen molar-refractivity contribution in [3.05, 3.63) is 68.7 Å².